The molecule has 0 aliphatic rings. The van der Waals surface area contributed by atoms with E-state index in [0.29, 0.717) is 10.6 Å². The Morgan fingerprint density at radius 1 is 1.15 bits per heavy atom. The van der Waals surface area contributed by atoms with Gasteiger partial charge in [-0.15, -0.1) is 0 Å². The average Bonchev–Trinajstić information content (AvgIpc) is 3.14. The van der Waals surface area contributed by atoms with Crippen LogP contribution in [0.1, 0.15) is 28.5 Å². The Bertz CT molecular complexity index is 743. The number of benzene rings is 1. The molecule has 0 radical (unpaired) electrons. The number of aliphatic carboxylic acids is 1. The van der Waals surface area contributed by atoms with Gasteiger partial charge in [0.2, 0.25) is 12.6 Å². The third kappa shape index (κ3) is 5.82. The molecule has 0 saturated heterocycles. The van der Waals surface area contributed by atoms with Crippen LogP contribution in [0.15, 0.2) is 47.1 Å². The number of alkyl carbamates (subject to hydrolysis) is 1. The molecule has 0 bridgehead atoms. The fourth-order valence-electron chi connectivity index (χ4n) is 2.10. The van der Waals surface area contributed by atoms with Gasteiger partial charge in [-0.3, -0.25) is 4.79 Å². The summed E-state index contributed by atoms with van der Waals surface area (Å²) in [6.45, 7) is -0.532. The summed E-state index contributed by atoms with van der Waals surface area (Å²) in [6, 6.07) is 9.36. The Balaban J connectivity index is 1.71. The molecular weight excluding hydrogens is 366 g/mol. The second-order valence-corrected chi connectivity index (χ2v) is 5.55. The van der Waals surface area contributed by atoms with Crippen molar-refractivity contribution >= 4 is 29.6 Å². The summed E-state index contributed by atoms with van der Waals surface area (Å²) in [6.07, 6.45) is 0.625. The monoisotopic (exact) mass is 381 g/mol. The smallest absolute Gasteiger partial charge is 0.410 e. The number of amides is 1. The molecule has 1 heterocycles. The highest BCUT2D eigenvalue weighted by Crippen LogP contribution is 2.21. The second kappa shape index (κ2) is 9.47. The molecule has 2 aromatic rings. The molecule has 1 unspecified atom stereocenters. The minimum absolute atomic E-state index is 0.0127. The fraction of sp³-hybridized carbons (Fsp3) is 0.235. The first-order valence-corrected chi connectivity index (χ1v) is 7.94. The topological polar surface area (TPSA) is 115 Å². The molecule has 2 N–H and O–H groups in total. The number of carboxylic acid groups (broad SMARTS) is 1. The van der Waals surface area contributed by atoms with E-state index in [1.165, 1.54) is 18.4 Å². The van der Waals surface area contributed by atoms with Crippen molar-refractivity contribution < 1.29 is 33.4 Å². The number of carbonyl (C=O) groups excluding carboxylic acids is 2. The molecule has 26 heavy (non-hydrogen) atoms. The molecular formula is C17H16ClNO7. The van der Waals surface area contributed by atoms with Crippen LogP contribution in [0.25, 0.3) is 0 Å². The number of carboxylic acids is 1. The van der Waals surface area contributed by atoms with Crippen molar-refractivity contribution in [1.29, 1.82) is 0 Å². The Hall–Kier alpha value is -3.00. The first-order chi connectivity index (χ1) is 12.5. The van der Waals surface area contributed by atoms with Crippen molar-refractivity contribution in [2.75, 3.05) is 13.3 Å². The van der Waals surface area contributed by atoms with Gasteiger partial charge in [-0.2, -0.15) is 0 Å². The summed E-state index contributed by atoms with van der Waals surface area (Å²) < 4.78 is 14.2. The Morgan fingerprint density at radius 2 is 1.88 bits per heavy atom. The number of esters is 1. The van der Waals surface area contributed by atoms with E-state index in [2.05, 4.69) is 14.8 Å². The molecule has 0 fully saturated rings. The zero-order valence-electron chi connectivity index (χ0n) is 13.5. The highest BCUT2D eigenvalue weighted by Gasteiger charge is 2.20. The maximum atomic E-state index is 11.5. The zero-order chi connectivity index (χ0) is 18.9. The van der Waals surface area contributed by atoms with Crippen LogP contribution < -0.4 is 5.32 Å². The van der Waals surface area contributed by atoms with Crippen molar-refractivity contribution in [3.05, 3.63) is 59.0 Å². The quantitative estimate of drug-likeness (QED) is 0.533. The van der Waals surface area contributed by atoms with Gasteiger partial charge in [0.05, 0.1) is 12.2 Å². The lowest BCUT2D eigenvalue weighted by molar-refractivity contribution is -0.139. The SMILES string of the molecule is O=C(NCCC(C(=O)O)c1ccc(Cl)cc1)OCOC(=O)c1ccco1. The minimum Gasteiger partial charge on any atom is -0.481 e. The predicted molar refractivity (Wildman–Crippen MR) is 89.9 cm³/mol. The molecule has 0 spiro atoms. The van der Waals surface area contributed by atoms with Gasteiger partial charge in [0.15, 0.2) is 0 Å². The van der Waals surface area contributed by atoms with Crippen LogP contribution in [0.5, 0.6) is 0 Å². The molecule has 8 nitrogen and oxygen atoms in total. The van der Waals surface area contributed by atoms with Crippen molar-refractivity contribution in [2.45, 2.75) is 12.3 Å². The second-order valence-electron chi connectivity index (χ2n) is 5.12. The summed E-state index contributed by atoms with van der Waals surface area (Å²) in [5, 5.41) is 12.2. The highest BCUT2D eigenvalue weighted by atomic mass is 35.5. The first kappa shape index (κ1) is 19.3. The van der Waals surface area contributed by atoms with Crippen LogP contribution in [-0.2, 0) is 14.3 Å². The zero-order valence-corrected chi connectivity index (χ0v) is 14.3. The highest BCUT2D eigenvalue weighted by molar-refractivity contribution is 6.30. The van der Waals surface area contributed by atoms with Crippen molar-refractivity contribution in [1.82, 2.24) is 5.32 Å². The van der Waals surface area contributed by atoms with Gasteiger partial charge in [0.25, 0.3) is 0 Å². The van der Waals surface area contributed by atoms with Gasteiger partial charge in [-0.25, -0.2) is 9.59 Å². The number of nitrogens with one attached hydrogen (secondary N) is 1. The van der Waals surface area contributed by atoms with Crippen LogP contribution in [0.2, 0.25) is 5.02 Å². The first-order valence-electron chi connectivity index (χ1n) is 7.57. The summed E-state index contributed by atoms with van der Waals surface area (Å²) in [5.74, 6) is -2.60. The molecule has 1 atom stereocenters. The summed E-state index contributed by atoms with van der Waals surface area (Å²) in [4.78, 5) is 34.4. The number of rotatable bonds is 8. The maximum absolute atomic E-state index is 11.5. The minimum atomic E-state index is -1.02. The van der Waals surface area contributed by atoms with E-state index in [1.54, 1.807) is 24.3 Å². The van der Waals surface area contributed by atoms with Crippen molar-refractivity contribution in [3.63, 3.8) is 0 Å². The van der Waals surface area contributed by atoms with E-state index in [1.807, 2.05) is 0 Å². The molecule has 1 amide bonds. The van der Waals surface area contributed by atoms with Crippen molar-refractivity contribution in [2.24, 2.45) is 0 Å². The largest absolute Gasteiger partial charge is 0.481 e. The average molecular weight is 382 g/mol. The van der Waals surface area contributed by atoms with Gasteiger partial charge in [0.1, 0.15) is 0 Å². The maximum Gasteiger partial charge on any atom is 0.410 e. The standard InChI is InChI=1S/C17H16ClNO7/c18-12-5-3-11(4-6-12)13(15(20)21)7-8-19-17(23)26-10-25-16(22)14-2-1-9-24-14/h1-6,9,13H,7-8,10H2,(H,19,23)(H,20,21). The van der Waals surface area contributed by atoms with Crippen LogP contribution in [0, 0.1) is 0 Å². The lowest BCUT2D eigenvalue weighted by Gasteiger charge is -2.13. The predicted octanol–water partition coefficient (Wildman–Crippen LogP) is 3.03. The molecule has 0 aliphatic heterocycles. The van der Waals surface area contributed by atoms with Gasteiger partial charge in [-0.1, -0.05) is 23.7 Å². The van der Waals surface area contributed by atoms with E-state index in [0.717, 1.165) is 0 Å². The third-order valence-electron chi connectivity index (χ3n) is 3.38. The molecule has 0 saturated carbocycles. The van der Waals surface area contributed by atoms with Gasteiger partial charge in [0, 0.05) is 11.6 Å². The summed E-state index contributed by atoms with van der Waals surface area (Å²) in [7, 11) is 0. The van der Waals surface area contributed by atoms with Crippen molar-refractivity contribution in [3.8, 4) is 0 Å². The lowest BCUT2D eigenvalue weighted by atomic mass is 9.96. The van der Waals surface area contributed by atoms with Crippen LogP contribution in [-0.4, -0.2) is 36.5 Å². The van der Waals surface area contributed by atoms with E-state index in [9.17, 15) is 19.5 Å². The van der Waals surface area contributed by atoms with Gasteiger partial charge in [-0.05, 0) is 36.2 Å². The Labute approximate surface area is 153 Å². The molecule has 1 aromatic carbocycles. The summed E-state index contributed by atoms with van der Waals surface area (Å²) in [5.41, 5.74) is 0.574. The molecule has 0 aliphatic carbocycles. The normalized spacial score (nSPS) is 11.4. The van der Waals surface area contributed by atoms with Gasteiger partial charge >= 0.3 is 18.0 Å². The number of carbonyl (C=O) groups is 3. The van der Waals surface area contributed by atoms with E-state index in [4.69, 9.17) is 16.0 Å². The number of furan rings is 1. The molecule has 1 aromatic heterocycles. The van der Waals surface area contributed by atoms with Crippen LogP contribution in [0.4, 0.5) is 4.79 Å². The third-order valence-corrected chi connectivity index (χ3v) is 3.63. The van der Waals surface area contributed by atoms with Crippen LogP contribution in [0.3, 0.4) is 0 Å². The number of ether oxygens (including phenoxy) is 2. The fourth-order valence-corrected chi connectivity index (χ4v) is 2.23. The van der Waals surface area contributed by atoms with E-state index < -0.39 is 30.7 Å². The number of hydrogen-bond acceptors (Lipinski definition) is 6. The Morgan fingerprint density at radius 3 is 2.50 bits per heavy atom. The number of hydrogen-bond donors (Lipinski definition) is 2. The number of halogens is 1. The lowest BCUT2D eigenvalue weighted by Crippen LogP contribution is -2.28. The summed E-state index contributed by atoms with van der Waals surface area (Å²) >= 11 is 5.78. The molecule has 2 rings (SSSR count). The van der Waals surface area contributed by atoms with Crippen LogP contribution >= 0.6 is 11.6 Å². The molecule has 9 heteroatoms. The van der Waals surface area contributed by atoms with Gasteiger partial charge < -0.3 is 24.3 Å². The molecule has 138 valence electrons. The van der Waals surface area contributed by atoms with E-state index >= 15 is 0 Å². The Kier molecular flexibility index (Phi) is 7.04. The van der Waals surface area contributed by atoms with E-state index in [-0.39, 0.29) is 18.7 Å².